The first kappa shape index (κ1) is 35.5. The molecule has 13 rings (SSSR count). The van der Waals surface area contributed by atoms with Crippen LogP contribution in [0.3, 0.4) is 0 Å². The van der Waals surface area contributed by atoms with E-state index >= 15 is 0 Å². The molecule has 1 aromatic heterocycles. The van der Waals surface area contributed by atoms with Crippen molar-refractivity contribution in [3.63, 3.8) is 0 Å². The van der Waals surface area contributed by atoms with Gasteiger partial charge in [-0.1, -0.05) is 164 Å². The summed E-state index contributed by atoms with van der Waals surface area (Å²) >= 11 is 0. The molecule has 2 aliphatic carbocycles. The summed E-state index contributed by atoms with van der Waals surface area (Å²) < 4.78 is 0. The van der Waals surface area contributed by atoms with Crippen LogP contribution >= 0.6 is 0 Å². The summed E-state index contributed by atoms with van der Waals surface area (Å²) in [6.07, 6.45) is 1.96. The summed E-state index contributed by atoms with van der Waals surface area (Å²) in [5, 5.41) is 7.25. The van der Waals surface area contributed by atoms with Crippen LogP contribution in [0.25, 0.3) is 54.7 Å². The van der Waals surface area contributed by atoms with Crippen molar-refractivity contribution in [2.24, 2.45) is 0 Å². The van der Waals surface area contributed by atoms with Gasteiger partial charge < -0.3 is 9.80 Å². The van der Waals surface area contributed by atoms with E-state index in [0.29, 0.717) is 0 Å². The van der Waals surface area contributed by atoms with Crippen LogP contribution in [0, 0.1) is 0 Å². The summed E-state index contributed by atoms with van der Waals surface area (Å²) in [6.45, 7) is 0. The molecule has 294 valence electrons. The van der Waals surface area contributed by atoms with E-state index in [2.05, 4.69) is 240 Å². The Morgan fingerprint density at radius 1 is 0.317 bits per heavy atom. The number of benzene rings is 10. The number of fused-ring (bicyclic) bond motifs is 14. The Morgan fingerprint density at radius 2 is 0.794 bits per heavy atom. The average Bonchev–Trinajstić information content (AvgIpc) is 3.82. The van der Waals surface area contributed by atoms with E-state index in [1.165, 1.54) is 71.3 Å². The molecule has 2 aliphatic rings. The van der Waals surface area contributed by atoms with E-state index in [9.17, 15) is 0 Å². The molecule has 11 aromatic rings. The van der Waals surface area contributed by atoms with Crippen LogP contribution in [0.5, 0.6) is 0 Å². The van der Waals surface area contributed by atoms with Gasteiger partial charge in [0.15, 0.2) is 0 Å². The summed E-state index contributed by atoms with van der Waals surface area (Å²) in [4.78, 5) is 10.1. The molecular weight excluding hydrogens is 763 g/mol. The van der Waals surface area contributed by atoms with Crippen LogP contribution in [0.4, 0.5) is 34.1 Å². The summed E-state index contributed by atoms with van der Waals surface area (Å²) in [5.74, 6) is 0. The molecule has 0 saturated heterocycles. The second-order valence-corrected chi connectivity index (χ2v) is 16.7. The first-order valence-corrected chi connectivity index (χ1v) is 21.7. The van der Waals surface area contributed by atoms with Crippen molar-refractivity contribution >= 4 is 66.4 Å². The number of pyridine rings is 1. The van der Waals surface area contributed by atoms with Gasteiger partial charge in [-0.3, -0.25) is 4.98 Å². The van der Waals surface area contributed by atoms with Crippen molar-refractivity contribution in [3.05, 3.63) is 259 Å². The summed E-state index contributed by atoms with van der Waals surface area (Å²) in [5.41, 5.74) is 15.7. The lowest BCUT2D eigenvalue weighted by atomic mass is 9.70. The van der Waals surface area contributed by atoms with Gasteiger partial charge in [0, 0.05) is 45.3 Å². The van der Waals surface area contributed by atoms with Crippen LogP contribution in [-0.4, -0.2) is 4.98 Å². The van der Waals surface area contributed by atoms with Crippen LogP contribution in [0.15, 0.2) is 237 Å². The van der Waals surface area contributed by atoms with Gasteiger partial charge in [0.25, 0.3) is 0 Å². The minimum atomic E-state index is -0.665. The topological polar surface area (TPSA) is 19.4 Å². The highest BCUT2D eigenvalue weighted by Gasteiger charge is 2.53. The van der Waals surface area contributed by atoms with Crippen molar-refractivity contribution in [3.8, 4) is 22.4 Å². The molecule has 1 heterocycles. The molecule has 0 atom stereocenters. The number of nitrogens with zero attached hydrogens (tertiary/aromatic N) is 3. The Balaban J connectivity index is 1.12. The summed E-state index contributed by atoms with van der Waals surface area (Å²) in [7, 11) is 0. The Hall–Kier alpha value is -8.27. The number of rotatable bonds is 6. The fourth-order valence-corrected chi connectivity index (χ4v) is 10.9. The maximum Gasteiger partial charge on any atom is 0.0759 e. The number of anilines is 6. The third-order valence-electron chi connectivity index (χ3n) is 13.4. The SMILES string of the molecule is c1ccc(N(c2ccc3c(c2)C2(c4cc(N(c5ccccc5)c5cccc6ccccc56)ccc4-3)c3cccnc3-c3c2ccc2ccccc32)c2cccc3ccccc23)cc1. The van der Waals surface area contributed by atoms with Gasteiger partial charge in [-0.2, -0.15) is 0 Å². The zero-order chi connectivity index (χ0) is 41.5. The van der Waals surface area contributed by atoms with Gasteiger partial charge >= 0.3 is 0 Å². The Labute approximate surface area is 366 Å². The molecule has 10 aromatic carbocycles. The van der Waals surface area contributed by atoms with Crippen molar-refractivity contribution in [1.29, 1.82) is 0 Å². The molecule has 0 unspecified atom stereocenters. The fourth-order valence-electron chi connectivity index (χ4n) is 10.9. The predicted molar refractivity (Wildman–Crippen MR) is 262 cm³/mol. The standard InChI is InChI=1S/C60H39N3/c1-3-21-43(22-4-1)62(56-29-13-19-40-16-7-10-25-47(40)56)45-32-34-50-51-35-33-46(63(44-23-5-2-6-24-44)57-30-14-20-41-17-8-11-26-48(41)57)39-55(51)60(54(50)38-45)52-36-31-42-18-9-12-27-49(42)58(52)59-53(60)28-15-37-61-59/h1-39H. The number of hydrogen-bond donors (Lipinski definition) is 0. The maximum atomic E-state index is 5.27. The average molecular weight is 802 g/mol. The van der Waals surface area contributed by atoms with Gasteiger partial charge in [0.2, 0.25) is 0 Å². The minimum absolute atomic E-state index is 0.665. The van der Waals surface area contributed by atoms with Crippen molar-refractivity contribution in [2.45, 2.75) is 5.41 Å². The largest absolute Gasteiger partial charge is 0.310 e. The van der Waals surface area contributed by atoms with Crippen LogP contribution in [-0.2, 0) is 5.41 Å². The fraction of sp³-hybridized carbons (Fsp3) is 0.0167. The van der Waals surface area contributed by atoms with E-state index in [1.807, 2.05) is 6.20 Å². The van der Waals surface area contributed by atoms with E-state index < -0.39 is 5.41 Å². The summed E-state index contributed by atoms with van der Waals surface area (Å²) in [6, 6.07) is 84.5. The maximum absolute atomic E-state index is 5.27. The van der Waals surface area contributed by atoms with Gasteiger partial charge in [0.1, 0.15) is 0 Å². The third-order valence-corrected chi connectivity index (χ3v) is 13.4. The quantitative estimate of drug-likeness (QED) is 0.167. The van der Waals surface area contributed by atoms with Crippen LogP contribution in [0.2, 0.25) is 0 Å². The lowest BCUT2D eigenvalue weighted by molar-refractivity contribution is 0.792. The number of hydrogen-bond acceptors (Lipinski definition) is 3. The van der Waals surface area contributed by atoms with Crippen molar-refractivity contribution in [2.75, 3.05) is 9.80 Å². The molecule has 0 bridgehead atoms. The monoisotopic (exact) mass is 801 g/mol. The molecule has 63 heavy (non-hydrogen) atoms. The van der Waals surface area contributed by atoms with Crippen LogP contribution in [0.1, 0.15) is 22.3 Å². The molecule has 0 fully saturated rings. The minimum Gasteiger partial charge on any atom is -0.310 e. The van der Waals surface area contributed by atoms with E-state index in [1.54, 1.807) is 0 Å². The highest BCUT2D eigenvalue weighted by Crippen LogP contribution is 2.64. The molecule has 1 spiro atoms. The first-order valence-electron chi connectivity index (χ1n) is 21.7. The van der Waals surface area contributed by atoms with Gasteiger partial charge in [-0.05, 0) is 122 Å². The lowest BCUT2D eigenvalue weighted by Crippen LogP contribution is -2.26. The normalized spacial score (nSPS) is 12.9. The van der Waals surface area contributed by atoms with Crippen LogP contribution < -0.4 is 9.80 Å². The van der Waals surface area contributed by atoms with E-state index in [4.69, 9.17) is 4.98 Å². The van der Waals surface area contributed by atoms with Gasteiger partial charge in [-0.15, -0.1) is 0 Å². The molecule has 0 aliphatic heterocycles. The predicted octanol–water partition coefficient (Wildman–Crippen LogP) is 15.8. The lowest BCUT2D eigenvalue weighted by Gasteiger charge is -2.33. The van der Waals surface area contributed by atoms with E-state index in [-0.39, 0.29) is 0 Å². The Bertz CT molecular complexity index is 3410. The van der Waals surface area contributed by atoms with Gasteiger partial charge in [-0.25, -0.2) is 0 Å². The van der Waals surface area contributed by atoms with E-state index in [0.717, 1.165) is 39.8 Å². The smallest absolute Gasteiger partial charge is 0.0759 e. The molecular formula is C60H39N3. The van der Waals surface area contributed by atoms with Gasteiger partial charge in [0.05, 0.1) is 22.5 Å². The molecule has 3 nitrogen and oxygen atoms in total. The zero-order valence-electron chi connectivity index (χ0n) is 34.4. The Morgan fingerprint density at radius 3 is 1.35 bits per heavy atom. The van der Waals surface area contributed by atoms with Crippen molar-refractivity contribution < 1.29 is 0 Å². The second-order valence-electron chi connectivity index (χ2n) is 16.7. The van der Waals surface area contributed by atoms with Crippen molar-refractivity contribution in [1.82, 2.24) is 4.98 Å². The highest BCUT2D eigenvalue weighted by molar-refractivity contribution is 6.07. The zero-order valence-corrected chi connectivity index (χ0v) is 34.4. The molecule has 0 N–H and O–H groups in total. The molecule has 0 amide bonds. The number of para-hydroxylation sites is 2. The highest BCUT2D eigenvalue weighted by atomic mass is 15.1. The Kier molecular flexibility index (Phi) is 7.82. The number of aromatic nitrogens is 1. The molecule has 0 radical (unpaired) electrons. The first-order chi connectivity index (χ1) is 31.3. The second kappa shape index (κ2) is 13.9. The molecule has 0 saturated carbocycles. The molecule has 3 heteroatoms. The third kappa shape index (κ3) is 5.17.